The van der Waals surface area contributed by atoms with Crippen LogP contribution >= 0.6 is 0 Å². The molecule has 1 heterocycles. The van der Waals surface area contributed by atoms with Crippen LogP contribution in [0.1, 0.15) is 25.8 Å². The maximum atomic E-state index is 12.7. The Balaban J connectivity index is 1.61. The van der Waals surface area contributed by atoms with E-state index in [1.54, 1.807) is 11.8 Å². The Labute approximate surface area is 170 Å². The molecule has 1 saturated heterocycles. The molecule has 1 fully saturated rings. The molecule has 1 aliphatic heterocycles. The van der Waals surface area contributed by atoms with Gasteiger partial charge in [0.1, 0.15) is 5.75 Å². The van der Waals surface area contributed by atoms with Gasteiger partial charge in [0, 0.05) is 19.4 Å². The summed E-state index contributed by atoms with van der Waals surface area (Å²) in [5, 5.41) is 2.78. The third-order valence-electron chi connectivity index (χ3n) is 5.01. The van der Waals surface area contributed by atoms with E-state index in [0.29, 0.717) is 18.0 Å². The number of nitrogens with zero attached hydrogens (tertiary/aromatic N) is 1. The van der Waals surface area contributed by atoms with Crippen LogP contribution in [-0.4, -0.2) is 36.8 Å². The number of para-hydroxylation sites is 2. The molecule has 2 atom stereocenters. The summed E-state index contributed by atoms with van der Waals surface area (Å²) < 4.78 is 5.61. The summed E-state index contributed by atoms with van der Waals surface area (Å²) in [5.41, 5.74) is 1.58. The van der Waals surface area contributed by atoms with Gasteiger partial charge in [-0.3, -0.25) is 14.4 Å². The maximum absolute atomic E-state index is 12.7. The molecule has 0 aliphatic carbocycles. The van der Waals surface area contributed by atoms with E-state index in [-0.39, 0.29) is 37.0 Å². The number of hydrogen-bond acceptors (Lipinski definition) is 4. The number of Topliss-reactive ketones (excluding diaryl/α,β-unsaturated/α-hetero) is 1. The molecule has 6 nitrogen and oxygen atoms in total. The van der Waals surface area contributed by atoms with E-state index in [2.05, 4.69) is 5.32 Å². The molecule has 1 aliphatic rings. The molecule has 1 N–H and O–H groups in total. The number of ketones is 1. The number of carbonyl (C=O) groups is 3. The van der Waals surface area contributed by atoms with Crippen molar-refractivity contribution in [1.82, 2.24) is 5.32 Å². The van der Waals surface area contributed by atoms with Crippen molar-refractivity contribution >= 4 is 23.3 Å². The highest BCUT2D eigenvalue weighted by Crippen LogP contribution is 2.33. The first-order valence-corrected chi connectivity index (χ1v) is 9.88. The molecular formula is C23H26N2O4. The predicted octanol–water partition coefficient (Wildman–Crippen LogP) is 2.75. The number of benzene rings is 2. The lowest BCUT2D eigenvalue weighted by molar-refractivity contribution is -0.130. The number of amides is 2. The minimum atomic E-state index is -0.609. The van der Waals surface area contributed by atoms with Gasteiger partial charge in [0.25, 0.3) is 0 Å². The standard InChI is InChI=1S/C23H26N2O4/c1-3-29-21-12-8-7-11-19(21)25-15-18(14-22(25)27)23(28)24-16(2)20(26)13-17-9-5-4-6-10-17/h4-12,16,18H,3,13-15H2,1-2H3,(H,24,28)/t16-,18-/m1/s1. The summed E-state index contributed by atoms with van der Waals surface area (Å²) in [6.07, 6.45) is 0.381. The lowest BCUT2D eigenvalue weighted by Gasteiger charge is -2.20. The molecule has 0 saturated carbocycles. The Bertz CT molecular complexity index is 881. The van der Waals surface area contributed by atoms with Gasteiger partial charge in [0.05, 0.1) is 24.3 Å². The highest BCUT2D eigenvalue weighted by Gasteiger charge is 2.37. The zero-order chi connectivity index (χ0) is 20.8. The van der Waals surface area contributed by atoms with Crippen LogP contribution in [0.4, 0.5) is 5.69 Å². The number of carbonyl (C=O) groups excluding carboxylic acids is 3. The van der Waals surface area contributed by atoms with Crippen molar-refractivity contribution in [2.24, 2.45) is 5.92 Å². The summed E-state index contributed by atoms with van der Waals surface area (Å²) in [7, 11) is 0. The van der Waals surface area contributed by atoms with Crippen LogP contribution in [0.15, 0.2) is 54.6 Å². The van der Waals surface area contributed by atoms with Crippen molar-refractivity contribution in [2.75, 3.05) is 18.1 Å². The summed E-state index contributed by atoms with van der Waals surface area (Å²) in [5.74, 6) is -0.336. The molecule has 152 valence electrons. The molecule has 2 aromatic carbocycles. The van der Waals surface area contributed by atoms with E-state index in [1.165, 1.54) is 0 Å². The van der Waals surface area contributed by atoms with Crippen LogP contribution in [0.25, 0.3) is 0 Å². The van der Waals surface area contributed by atoms with Gasteiger partial charge in [-0.1, -0.05) is 42.5 Å². The van der Waals surface area contributed by atoms with E-state index in [1.807, 2.05) is 61.5 Å². The second-order valence-electron chi connectivity index (χ2n) is 7.17. The number of hydrogen-bond donors (Lipinski definition) is 1. The molecule has 2 aromatic rings. The molecular weight excluding hydrogens is 368 g/mol. The molecule has 0 bridgehead atoms. The Morgan fingerprint density at radius 3 is 2.55 bits per heavy atom. The average molecular weight is 394 g/mol. The second-order valence-corrected chi connectivity index (χ2v) is 7.17. The van der Waals surface area contributed by atoms with Crippen molar-refractivity contribution in [2.45, 2.75) is 32.7 Å². The Morgan fingerprint density at radius 1 is 1.14 bits per heavy atom. The fraction of sp³-hybridized carbons (Fsp3) is 0.348. The molecule has 2 amide bonds. The van der Waals surface area contributed by atoms with Gasteiger partial charge in [0.15, 0.2) is 5.78 Å². The normalized spacial score (nSPS) is 17.1. The summed E-state index contributed by atoms with van der Waals surface area (Å²) in [6, 6.07) is 16.1. The van der Waals surface area contributed by atoms with Gasteiger partial charge < -0.3 is 15.0 Å². The lowest BCUT2D eigenvalue weighted by atomic mass is 10.0. The van der Waals surface area contributed by atoms with Crippen molar-refractivity contribution in [3.63, 3.8) is 0 Å². The second kappa shape index (κ2) is 9.37. The zero-order valence-electron chi connectivity index (χ0n) is 16.8. The fourth-order valence-corrected chi connectivity index (χ4v) is 3.44. The lowest BCUT2D eigenvalue weighted by Crippen LogP contribution is -2.43. The van der Waals surface area contributed by atoms with Gasteiger partial charge in [0.2, 0.25) is 11.8 Å². The molecule has 0 unspecified atom stereocenters. The van der Waals surface area contributed by atoms with Crippen molar-refractivity contribution in [3.8, 4) is 5.75 Å². The summed E-state index contributed by atoms with van der Waals surface area (Å²) in [4.78, 5) is 39.2. The number of ether oxygens (including phenoxy) is 1. The predicted molar refractivity (Wildman–Crippen MR) is 111 cm³/mol. The molecule has 0 aromatic heterocycles. The van der Waals surface area contributed by atoms with Crippen LogP contribution in [0, 0.1) is 5.92 Å². The fourth-order valence-electron chi connectivity index (χ4n) is 3.44. The first kappa shape index (κ1) is 20.6. The molecule has 3 rings (SSSR count). The van der Waals surface area contributed by atoms with Crippen LogP contribution in [0.3, 0.4) is 0 Å². The Morgan fingerprint density at radius 2 is 1.83 bits per heavy atom. The smallest absolute Gasteiger partial charge is 0.227 e. The van der Waals surface area contributed by atoms with Crippen LogP contribution in [-0.2, 0) is 20.8 Å². The van der Waals surface area contributed by atoms with Crippen molar-refractivity contribution in [1.29, 1.82) is 0 Å². The molecule has 6 heteroatoms. The van der Waals surface area contributed by atoms with Crippen molar-refractivity contribution in [3.05, 3.63) is 60.2 Å². The Hall–Kier alpha value is -3.15. The third-order valence-corrected chi connectivity index (χ3v) is 5.01. The maximum Gasteiger partial charge on any atom is 0.227 e. The number of nitrogens with one attached hydrogen (secondary N) is 1. The van der Waals surface area contributed by atoms with Gasteiger partial charge in [-0.2, -0.15) is 0 Å². The molecule has 0 spiro atoms. The van der Waals surface area contributed by atoms with E-state index >= 15 is 0 Å². The highest BCUT2D eigenvalue weighted by molar-refractivity contribution is 6.02. The average Bonchev–Trinajstić information content (AvgIpc) is 3.11. The summed E-state index contributed by atoms with van der Waals surface area (Å²) in [6.45, 7) is 4.33. The zero-order valence-corrected chi connectivity index (χ0v) is 16.8. The van der Waals surface area contributed by atoms with Crippen LogP contribution in [0.5, 0.6) is 5.75 Å². The van der Waals surface area contributed by atoms with Crippen LogP contribution < -0.4 is 15.0 Å². The minimum Gasteiger partial charge on any atom is -0.492 e. The molecule has 0 radical (unpaired) electrons. The largest absolute Gasteiger partial charge is 0.492 e. The van der Waals surface area contributed by atoms with E-state index in [0.717, 1.165) is 5.56 Å². The Kier molecular flexibility index (Phi) is 6.65. The minimum absolute atomic E-state index is 0.0626. The number of anilines is 1. The first-order chi connectivity index (χ1) is 14.0. The topological polar surface area (TPSA) is 75.7 Å². The van der Waals surface area contributed by atoms with E-state index < -0.39 is 12.0 Å². The SMILES string of the molecule is CCOc1ccccc1N1C[C@H](C(=O)N[C@H](C)C(=O)Cc2ccccc2)CC1=O. The van der Waals surface area contributed by atoms with Gasteiger partial charge >= 0.3 is 0 Å². The summed E-state index contributed by atoms with van der Waals surface area (Å²) >= 11 is 0. The first-order valence-electron chi connectivity index (χ1n) is 9.88. The number of rotatable bonds is 8. The van der Waals surface area contributed by atoms with E-state index in [4.69, 9.17) is 4.74 Å². The van der Waals surface area contributed by atoms with Gasteiger partial charge in [-0.25, -0.2) is 0 Å². The quantitative estimate of drug-likeness (QED) is 0.747. The van der Waals surface area contributed by atoms with Crippen molar-refractivity contribution < 1.29 is 19.1 Å². The molecule has 29 heavy (non-hydrogen) atoms. The van der Waals surface area contributed by atoms with Gasteiger partial charge in [-0.15, -0.1) is 0 Å². The van der Waals surface area contributed by atoms with E-state index in [9.17, 15) is 14.4 Å². The van der Waals surface area contributed by atoms with Gasteiger partial charge in [-0.05, 0) is 31.5 Å². The van der Waals surface area contributed by atoms with Crippen LogP contribution in [0.2, 0.25) is 0 Å². The monoisotopic (exact) mass is 394 g/mol. The highest BCUT2D eigenvalue weighted by atomic mass is 16.5. The third kappa shape index (κ3) is 5.02.